The molecule has 0 nitrogen and oxygen atoms in total. The summed E-state index contributed by atoms with van der Waals surface area (Å²) in [5.74, 6) is 0. The Kier molecular flexibility index (Phi) is 7.29. The van der Waals surface area contributed by atoms with E-state index in [0.29, 0.717) is 0 Å². The summed E-state index contributed by atoms with van der Waals surface area (Å²) in [7, 11) is -0.384. The third kappa shape index (κ3) is 3.21. The van der Waals surface area contributed by atoms with Crippen LogP contribution in [-0.4, -0.2) is 8.80 Å². The van der Waals surface area contributed by atoms with Gasteiger partial charge in [-0.15, -0.1) is 65.4 Å². The van der Waals surface area contributed by atoms with E-state index in [1.54, 1.807) is 5.19 Å². The smallest absolute Gasteiger partial charge is 0.0225 e. The summed E-state index contributed by atoms with van der Waals surface area (Å²) in [6.07, 6.45) is 0. The Balaban J connectivity index is 0.00000108. The normalized spacial score (nSPS) is 9.84. The van der Waals surface area contributed by atoms with E-state index in [9.17, 15) is 0 Å². The minimum Gasteiger partial charge on any atom is -0.147 e. The van der Waals surface area contributed by atoms with Gasteiger partial charge in [-0.1, -0.05) is 48.1 Å². The maximum absolute atomic E-state index is 2.36. The fraction of sp³-hybridized carbons (Fsp3) is 0.133. The third-order valence-electron chi connectivity index (χ3n) is 3.20. The van der Waals surface area contributed by atoms with Gasteiger partial charge in [0, 0.05) is 26.2 Å². The zero-order valence-corrected chi connectivity index (χ0v) is 14.8. The second kappa shape index (κ2) is 7.43. The molecule has 0 atom stereocenters. The molecule has 0 bridgehead atoms. The molecule has 101 valence electrons. The van der Waals surface area contributed by atoms with Gasteiger partial charge in [0.15, 0.2) is 0 Å². The quantitative estimate of drug-likeness (QED) is 0.450. The second-order valence-corrected chi connectivity index (χ2v) is 7.04. The number of fused-ring (bicyclic) bond motifs is 3. The first-order valence-electron chi connectivity index (χ1n) is 5.65. The van der Waals surface area contributed by atoms with E-state index in [1.807, 2.05) is 0 Å². The molecular formula is C15H16Cl2CrSi-. The molecule has 0 aliphatic heterocycles. The number of hydrogen-bond acceptors (Lipinski definition) is 0. The Morgan fingerprint density at radius 2 is 1.63 bits per heavy atom. The number of benzene rings is 2. The molecule has 4 heteroatoms. The van der Waals surface area contributed by atoms with Crippen LogP contribution in [0.2, 0.25) is 13.1 Å². The molecule has 0 spiro atoms. The zero-order valence-electron chi connectivity index (χ0n) is 10.8. The van der Waals surface area contributed by atoms with Crippen molar-refractivity contribution in [1.29, 1.82) is 0 Å². The van der Waals surface area contributed by atoms with Crippen LogP contribution >= 0.6 is 24.8 Å². The summed E-state index contributed by atoms with van der Waals surface area (Å²) < 4.78 is 0. The molecule has 2 aliphatic carbocycles. The summed E-state index contributed by atoms with van der Waals surface area (Å²) in [5, 5.41) is 4.31. The number of halogens is 2. The van der Waals surface area contributed by atoms with E-state index in [2.05, 4.69) is 61.6 Å². The third-order valence-corrected chi connectivity index (χ3v) is 4.71. The molecular weight excluding hydrogens is 331 g/mol. The average molecular weight is 347 g/mol. The van der Waals surface area contributed by atoms with Crippen molar-refractivity contribution in [3.8, 4) is 11.1 Å². The fourth-order valence-electron chi connectivity index (χ4n) is 2.42. The summed E-state index contributed by atoms with van der Waals surface area (Å²) in [6.45, 7) is 4.72. The predicted molar refractivity (Wildman–Crippen MR) is 87.8 cm³/mol. The SMILES string of the molecule is C[Si](C)[c-]1cccc2c3ccccc3cc1-2.Cl.Cl.[Cr]. The molecule has 0 fully saturated rings. The molecule has 0 amide bonds. The zero-order chi connectivity index (χ0) is 11.1. The molecule has 1 aromatic carbocycles. The van der Waals surface area contributed by atoms with Crippen molar-refractivity contribution in [3.63, 3.8) is 0 Å². The fourth-order valence-corrected chi connectivity index (χ4v) is 3.59. The van der Waals surface area contributed by atoms with Crippen molar-refractivity contribution in [1.82, 2.24) is 0 Å². The van der Waals surface area contributed by atoms with Crippen molar-refractivity contribution in [2.24, 2.45) is 0 Å². The van der Waals surface area contributed by atoms with Gasteiger partial charge < -0.3 is 0 Å². The first-order valence-corrected chi connectivity index (χ1v) is 8.15. The van der Waals surface area contributed by atoms with Gasteiger partial charge in [-0.25, -0.2) is 0 Å². The molecule has 1 aromatic rings. The van der Waals surface area contributed by atoms with Crippen LogP contribution in [0.5, 0.6) is 0 Å². The Labute approximate surface area is 139 Å². The summed E-state index contributed by atoms with van der Waals surface area (Å²) in [4.78, 5) is 0. The summed E-state index contributed by atoms with van der Waals surface area (Å²) in [6, 6.07) is 17.7. The Morgan fingerprint density at radius 3 is 2.32 bits per heavy atom. The van der Waals surface area contributed by atoms with Crippen LogP contribution in [0.3, 0.4) is 0 Å². The van der Waals surface area contributed by atoms with Gasteiger partial charge in [0.05, 0.1) is 0 Å². The molecule has 0 unspecified atom stereocenters. The number of hydrogen-bond donors (Lipinski definition) is 0. The maximum atomic E-state index is 2.36. The van der Waals surface area contributed by atoms with Gasteiger partial charge in [0.25, 0.3) is 0 Å². The monoisotopic (exact) mass is 346 g/mol. The van der Waals surface area contributed by atoms with E-state index in [0.717, 1.165) is 0 Å². The molecule has 2 aliphatic rings. The molecule has 19 heavy (non-hydrogen) atoms. The second-order valence-electron chi connectivity index (χ2n) is 4.50. The maximum Gasteiger partial charge on any atom is 0.0225 e. The topological polar surface area (TPSA) is 0 Å². The van der Waals surface area contributed by atoms with E-state index in [1.165, 1.54) is 21.9 Å². The predicted octanol–water partition coefficient (Wildman–Crippen LogP) is 4.47. The van der Waals surface area contributed by atoms with Crippen LogP contribution in [0, 0.1) is 0 Å². The minimum absolute atomic E-state index is 0. The first kappa shape index (κ1) is 18.6. The molecule has 3 rings (SSSR count). The molecule has 0 heterocycles. The van der Waals surface area contributed by atoms with Crippen molar-refractivity contribution in [2.75, 3.05) is 0 Å². The van der Waals surface area contributed by atoms with Crippen molar-refractivity contribution < 1.29 is 17.4 Å². The van der Waals surface area contributed by atoms with Gasteiger partial charge in [0.1, 0.15) is 0 Å². The van der Waals surface area contributed by atoms with Crippen LogP contribution in [0.15, 0.2) is 48.5 Å². The van der Waals surface area contributed by atoms with E-state index in [-0.39, 0.29) is 51.0 Å². The van der Waals surface area contributed by atoms with Crippen LogP contribution in [0.25, 0.3) is 21.9 Å². The van der Waals surface area contributed by atoms with Gasteiger partial charge in [-0.3, -0.25) is 0 Å². The van der Waals surface area contributed by atoms with Crippen LogP contribution in [0.4, 0.5) is 0 Å². The summed E-state index contributed by atoms with van der Waals surface area (Å²) in [5.41, 5.74) is 2.88. The Bertz CT molecular complexity index is 619. The molecule has 0 saturated carbocycles. The van der Waals surface area contributed by atoms with E-state index in [4.69, 9.17) is 0 Å². The van der Waals surface area contributed by atoms with Gasteiger partial charge in [-0.05, 0) is 0 Å². The average Bonchev–Trinajstić information content (AvgIpc) is 2.67. The van der Waals surface area contributed by atoms with E-state index >= 15 is 0 Å². The van der Waals surface area contributed by atoms with Crippen LogP contribution in [0.1, 0.15) is 0 Å². The van der Waals surface area contributed by atoms with Crippen LogP contribution < -0.4 is 5.19 Å². The summed E-state index contributed by atoms with van der Waals surface area (Å²) >= 11 is 0. The number of rotatable bonds is 1. The molecule has 0 aromatic heterocycles. The Hall–Kier alpha value is -0.361. The van der Waals surface area contributed by atoms with E-state index < -0.39 is 0 Å². The minimum atomic E-state index is -0.384. The van der Waals surface area contributed by atoms with Crippen LogP contribution in [-0.2, 0) is 17.4 Å². The largest absolute Gasteiger partial charge is 0.147 e. The standard InChI is InChI=1S/C15H14Si.2ClH.Cr/c1-16(2)15-9-5-8-13-12-7-4-3-6-11(12)10-14(13)15;;;/h3-10H,1-2H3;2*1H;/q-1;;;. The van der Waals surface area contributed by atoms with Crippen molar-refractivity contribution >= 4 is 49.6 Å². The van der Waals surface area contributed by atoms with Gasteiger partial charge >= 0.3 is 0 Å². The van der Waals surface area contributed by atoms with Gasteiger partial charge in [0.2, 0.25) is 0 Å². The molecule has 0 saturated heterocycles. The molecule has 1 radical (unpaired) electrons. The van der Waals surface area contributed by atoms with Gasteiger partial charge in [-0.2, -0.15) is 0 Å². The van der Waals surface area contributed by atoms with Crippen molar-refractivity contribution in [3.05, 3.63) is 48.5 Å². The van der Waals surface area contributed by atoms with Crippen molar-refractivity contribution in [2.45, 2.75) is 13.1 Å². The first-order chi connectivity index (χ1) is 7.77. The molecule has 0 N–H and O–H groups in total. The Morgan fingerprint density at radius 1 is 0.947 bits per heavy atom.